The van der Waals surface area contributed by atoms with Gasteiger partial charge in [0.2, 0.25) is 0 Å². The highest BCUT2D eigenvalue weighted by atomic mass is 31.2. The molecule has 0 aliphatic carbocycles. The minimum Gasteiger partial charge on any atom is -0.756 e. The largest absolute Gasteiger partial charge is 0.756 e. The third kappa shape index (κ3) is 37.7. The van der Waals surface area contributed by atoms with E-state index >= 15 is 0 Å². The van der Waals surface area contributed by atoms with E-state index in [1.807, 2.05) is 0 Å². The summed E-state index contributed by atoms with van der Waals surface area (Å²) in [6, 6.07) is 0. The fourth-order valence-electron chi connectivity index (χ4n) is 3.39. The molecule has 0 aromatic rings. The highest BCUT2D eigenvalue weighted by Gasteiger charge is 2.20. The molecule has 42 heteroatoms. The van der Waals surface area contributed by atoms with Gasteiger partial charge in [0.1, 0.15) is 0 Å². The second-order valence-electron chi connectivity index (χ2n) is 11.4. The Balaban J connectivity index is 4.25. The van der Waals surface area contributed by atoms with Crippen LogP contribution in [0.15, 0.2) is 0 Å². The summed E-state index contributed by atoms with van der Waals surface area (Å²) in [5.41, 5.74) is 0. The van der Waals surface area contributed by atoms with E-state index in [1.54, 1.807) is 7.05 Å². The van der Waals surface area contributed by atoms with Gasteiger partial charge in [-0.15, -0.1) is 0 Å². The molecule has 0 rings (SSSR count). The average molecular weight is 1100 g/mol. The van der Waals surface area contributed by atoms with Gasteiger partial charge < -0.3 is 122 Å². The van der Waals surface area contributed by atoms with E-state index in [0.717, 1.165) is 0 Å². The zero-order chi connectivity index (χ0) is 49.2. The van der Waals surface area contributed by atoms with E-state index in [-0.39, 0.29) is 13.0 Å². The van der Waals surface area contributed by atoms with Gasteiger partial charge in [-0.2, -0.15) is 0 Å². The summed E-state index contributed by atoms with van der Waals surface area (Å²) in [7, 11) is -39.4. The van der Waals surface area contributed by atoms with Crippen LogP contribution in [0.1, 0.15) is 13.3 Å². The van der Waals surface area contributed by atoms with Crippen molar-refractivity contribution in [1.82, 2.24) is 5.32 Å². The zero-order valence-electron chi connectivity index (χ0n) is 33.5. The molecule has 0 bridgehead atoms. The van der Waals surface area contributed by atoms with E-state index in [4.69, 9.17) is 10.00 Å². The lowest BCUT2D eigenvalue weighted by atomic mass is 10.1. The maximum absolute atomic E-state index is 11.8. The number of nitrogens with one attached hydrogen (secondary N) is 1. The Hall–Kier alpha value is 0.800. The predicted octanol–water partition coefficient (Wildman–Crippen LogP) is -4.17. The number of phosphoric ester groups is 8. The summed E-state index contributed by atoms with van der Waals surface area (Å²) in [5.74, 6) is -1.38. The minimum atomic E-state index is -5.23. The average Bonchev–Trinajstić information content (AvgIpc) is 3.17. The molecule has 0 spiro atoms. The molecule has 0 aromatic heterocycles. The van der Waals surface area contributed by atoms with Gasteiger partial charge in [0.15, 0.2) is 0 Å². The monoisotopic (exact) mass is 1100 g/mol. The molecule has 386 valence electrons. The van der Waals surface area contributed by atoms with Crippen LogP contribution in [0.5, 0.6) is 0 Å². The maximum atomic E-state index is 11.8. The normalized spacial score (nSPS) is 20.9. The molecule has 0 fully saturated rings. The first-order valence-electron chi connectivity index (χ1n) is 17.5. The van der Waals surface area contributed by atoms with Crippen molar-refractivity contribution in [2.45, 2.75) is 13.3 Å². The van der Waals surface area contributed by atoms with E-state index in [2.05, 4.69) is 73.2 Å². The Morgan fingerprint density at radius 2 is 0.594 bits per heavy atom. The first-order valence-corrected chi connectivity index (χ1v) is 29.2. The third-order valence-corrected chi connectivity index (χ3v) is 13.6. The number of phosphoric acid groups is 8. The van der Waals surface area contributed by atoms with Crippen molar-refractivity contribution in [2.75, 3.05) is 119 Å². The van der Waals surface area contributed by atoms with Crippen LogP contribution >= 0.6 is 62.6 Å². The molecule has 0 amide bonds. The van der Waals surface area contributed by atoms with Gasteiger partial charge in [-0.25, -0.2) is 0 Å². The second-order valence-corrected chi connectivity index (χ2v) is 22.4. The quantitative estimate of drug-likeness (QED) is 0.0385. The number of aliphatic hydroxyl groups is 1. The van der Waals surface area contributed by atoms with Gasteiger partial charge in [0, 0.05) is 25.0 Å². The molecule has 64 heavy (non-hydrogen) atoms. The van der Waals surface area contributed by atoms with E-state index < -0.39 is 180 Å². The SMILES string of the molecule is CCC(COP(=O)([O-])O)COP(=O)([O-])OCCOP(=O)([O-])OCCOP(=O)([O-])OCCOP(=O)([O-])OCCOP(=O)([O-])OCCOP(=O)([O-])OCCOP(=O)([O-])OCC(CO)CNC. The van der Waals surface area contributed by atoms with Crippen molar-refractivity contribution in [3.05, 3.63) is 0 Å². The zero-order valence-corrected chi connectivity index (χ0v) is 40.7. The maximum Gasteiger partial charge on any atom is 0.268 e. The minimum absolute atomic E-state index is 0.163. The number of hydrogen-bond acceptors (Lipinski definition) is 33. The lowest BCUT2D eigenvalue weighted by molar-refractivity contribution is -0.238. The summed E-state index contributed by atoms with van der Waals surface area (Å²) < 4.78 is 158. The molecule has 0 aromatic carbocycles. The Bertz CT molecular complexity index is 1700. The summed E-state index contributed by atoms with van der Waals surface area (Å²) in [6.07, 6.45) is 0.163. The number of hydrogen-bond donors (Lipinski definition) is 3. The van der Waals surface area contributed by atoms with E-state index in [1.165, 1.54) is 6.92 Å². The summed E-state index contributed by atoms with van der Waals surface area (Å²) >= 11 is 0. The van der Waals surface area contributed by atoms with Crippen LogP contribution in [0.2, 0.25) is 0 Å². The molecule has 0 radical (unpaired) electrons. The molecule has 0 aliphatic heterocycles. The molecule has 0 aliphatic rings. The van der Waals surface area contributed by atoms with Crippen molar-refractivity contribution in [3.63, 3.8) is 0 Å². The van der Waals surface area contributed by atoms with Gasteiger partial charge in [-0.3, -0.25) is 36.5 Å². The van der Waals surface area contributed by atoms with Crippen LogP contribution in [0.3, 0.4) is 0 Å². The fourth-order valence-corrected chi connectivity index (χ4v) is 8.68. The van der Waals surface area contributed by atoms with Crippen LogP contribution in [0.4, 0.5) is 0 Å². The topological polar surface area (TPSA) is 512 Å². The number of rotatable bonds is 43. The fraction of sp³-hybridized carbons (Fsp3) is 1.00. The van der Waals surface area contributed by atoms with Crippen LogP contribution in [0.25, 0.3) is 0 Å². The van der Waals surface area contributed by atoms with Crippen molar-refractivity contribution >= 4 is 62.6 Å². The summed E-state index contributed by atoms with van der Waals surface area (Å²) in [6.45, 7) is -11.8. The Kier molecular flexibility index (Phi) is 32.3. The lowest BCUT2D eigenvalue weighted by Gasteiger charge is -2.27. The van der Waals surface area contributed by atoms with Gasteiger partial charge in [0.25, 0.3) is 62.6 Å². The first kappa shape index (κ1) is 64.8. The Morgan fingerprint density at radius 1 is 0.391 bits per heavy atom. The van der Waals surface area contributed by atoms with Gasteiger partial charge >= 0.3 is 0 Å². The Morgan fingerprint density at radius 3 is 0.781 bits per heavy atom. The van der Waals surface area contributed by atoms with Gasteiger partial charge in [0.05, 0.1) is 99.1 Å². The van der Waals surface area contributed by atoms with Crippen LogP contribution in [0, 0.1) is 11.8 Å². The van der Waals surface area contributed by atoms with E-state index in [9.17, 15) is 75.7 Å². The molecule has 3 N–H and O–H groups in total. The molecule has 10 atom stereocenters. The lowest BCUT2D eigenvalue weighted by Crippen LogP contribution is -2.27. The summed E-state index contributed by atoms with van der Waals surface area (Å²) in [4.78, 5) is 102. The molecule has 0 heterocycles. The Labute approximate surface area is 365 Å². The highest BCUT2D eigenvalue weighted by molar-refractivity contribution is 7.47. The predicted molar refractivity (Wildman–Crippen MR) is 191 cm³/mol. The standard InChI is InChI=1S/C22H55NO33P8/c1-3-21(18-54-57(25,26)27)19-55-63(38,39)52-14-12-50-61(34,35)48-10-8-46-59(30,31)44-6-4-42-58(28,29)43-5-7-45-60(32,33)47-9-11-49-62(36,37)51-13-15-53-64(40,41)56-20-22(17-24)16-23-2/h21-24H,3-20H2,1-2H3,(H,28,29)(H,30,31)(H,32,33)(H,34,35)(H,36,37)(H,38,39)(H,40,41)(H2,25,26,27)/p-8. The smallest absolute Gasteiger partial charge is 0.268 e. The molecule has 0 saturated heterocycles. The summed E-state index contributed by atoms with van der Waals surface area (Å²) in [5, 5.41) is 11.8. The van der Waals surface area contributed by atoms with Gasteiger partial charge in [-0.1, -0.05) is 6.92 Å². The first-order chi connectivity index (χ1) is 29.4. The van der Waals surface area contributed by atoms with Crippen molar-refractivity contribution in [2.24, 2.45) is 11.8 Å². The third-order valence-electron chi connectivity index (χ3n) is 6.23. The van der Waals surface area contributed by atoms with Crippen LogP contribution in [-0.4, -0.2) is 129 Å². The van der Waals surface area contributed by atoms with E-state index in [0.29, 0.717) is 0 Å². The molecular formula is C22H47NO33P8-8. The van der Waals surface area contributed by atoms with Crippen LogP contribution in [-0.2, 0) is 104 Å². The molecule has 34 nitrogen and oxygen atoms in total. The molecule has 0 saturated carbocycles. The molecule has 10 unspecified atom stereocenters. The number of aliphatic hydroxyl groups excluding tert-OH is 1. The van der Waals surface area contributed by atoms with Crippen molar-refractivity contribution < 1.29 is 154 Å². The van der Waals surface area contributed by atoms with Crippen LogP contribution < -0.4 is 44.5 Å². The van der Waals surface area contributed by atoms with Crippen molar-refractivity contribution in [1.29, 1.82) is 0 Å². The van der Waals surface area contributed by atoms with Crippen molar-refractivity contribution in [3.8, 4) is 0 Å². The highest BCUT2D eigenvalue weighted by Crippen LogP contribution is 2.45. The second kappa shape index (κ2) is 31.9. The molecular weight excluding hydrogens is 1050 g/mol. The van der Waals surface area contributed by atoms with Gasteiger partial charge in [-0.05, 0) is 13.5 Å².